The summed E-state index contributed by atoms with van der Waals surface area (Å²) in [5.41, 5.74) is 6.69. The molecule has 0 spiro atoms. The number of rotatable bonds is 4. The molecule has 0 saturated carbocycles. The van der Waals surface area contributed by atoms with Gasteiger partial charge in [0.05, 0.1) is 0 Å². The molecule has 0 aliphatic heterocycles. The van der Waals surface area contributed by atoms with Crippen molar-refractivity contribution in [3.8, 4) is 33.8 Å². The fourth-order valence-corrected chi connectivity index (χ4v) is 3.24. The van der Waals surface area contributed by atoms with E-state index < -0.39 is 0 Å². The van der Waals surface area contributed by atoms with Crippen molar-refractivity contribution < 1.29 is 10.2 Å². The maximum absolute atomic E-state index is 9.63. The zero-order valence-corrected chi connectivity index (χ0v) is 14.8. The summed E-state index contributed by atoms with van der Waals surface area (Å²) in [6.07, 6.45) is 0.862. The van der Waals surface area contributed by atoms with E-state index in [0.29, 0.717) is 0 Å². The van der Waals surface area contributed by atoms with Gasteiger partial charge in [-0.1, -0.05) is 72.8 Å². The van der Waals surface area contributed by atoms with Crippen molar-refractivity contribution in [2.24, 2.45) is 0 Å². The third kappa shape index (κ3) is 4.01. The molecule has 27 heavy (non-hydrogen) atoms. The van der Waals surface area contributed by atoms with E-state index in [1.165, 1.54) is 11.1 Å². The highest BCUT2D eigenvalue weighted by Crippen LogP contribution is 2.26. The third-order valence-electron chi connectivity index (χ3n) is 4.68. The van der Waals surface area contributed by atoms with Crippen molar-refractivity contribution in [2.45, 2.75) is 6.42 Å². The first-order chi connectivity index (χ1) is 13.2. The molecule has 4 aromatic rings. The number of phenols is 2. The molecule has 4 rings (SSSR count). The third-order valence-corrected chi connectivity index (χ3v) is 4.68. The van der Waals surface area contributed by atoms with Crippen LogP contribution in [0, 0.1) is 0 Å². The first-order valence-electron chi connectivity index (χ1n) is 8.94. The van der Waals surface area contributed by atoms with Crippen molar-refractivity contribution in [2.75, 3.05) is 0 Å². The summed E-state index contributed by atoms with van der Waals surface area (Å²) in [7, 11) is 0. The number of phenolic OH excluding ortho intramolecular Hbond substituents is 2. The Morgan fingerprint density at radius 2 is 0.852 bits per heavy atom. The first-order valence-corrected chi connectivity index (χ1v) is 8.94. The van der Waals surface area contributed by atoms with Gasteiger partial charge in [-0.15, -0.1) is 0 Å². The molecule has 4 aromatic carbocycles. The Bertz CT molecular complexity index is 961. The standard InChI is InChI=1S/C25H20O2/c26-24-5-1-3-22(16-24)20-11-7-18(8-12-20)15-19-9-13-21(14-10-19)23-4-2-6-25(27)17-23/h1-14,16-17,26-27H,15H2. The summed E-state index contributed by atoms with van der Waals surface area (Å²) in [6.45, 7) is 0. The quantitative estimate of drug-likeness (QED) is 0.471. The smallest absolute Gasteiger partial charge is 0.116 e. The average Bonchev–Trinajstić information content (AvgIpc) is 2.69. The minimum Gasteiger partial charge on any atom is -0.508 e. The van der Waals surface area contributed by atoms with Crippen LogP contribution in [0.4, 0.5) is 0 Å². The molecule has 0 saturated heterocycles. The van der Waals surface area contributed by atoms with Gasteiger partial charge >= 0.3 is 0 Å². The van der Waals surface area contributed by atoms with E-state index in [4.69, 9.17) is 0 Å². The summed E-state index contributed by atoms with van der Waals surface area (Å²) in [6, 6.07) is 31.5. The van der Waals surface area contributed by atoms with Crippen LogP contribution in [-0.4, -0.2) is 10.2 Å². The Balaban J connectivity index is 1.49. The Labute approximate surface area is 159 Å². The SMILES string of the molecule is Oc1cccc(-c2ccc(Cc3ccc(-c4cccc(O)c4)cc3)cc2)c1. The highest BCUT2D eigenvalue weighted by Gasteiger charge is 2.03. The zero-order chi connectivity index (χ0) is 18.6. The fourth-order valence-electron chi connectivity index (χ4n) is 3.24. The molecular formula is C25H20O2. The molecule has 0 atom stereocenters. The maximum Gasteiger partial charge on any atom is 0.116 e. The second kappa shape index (κ2) is 7.38. The molecule has 0 aliphatic carbocycles. The largest absolute Gasteiger partial charge is 0.508 e. The summed E-state index contributed by atoms with van der Waals surface area (Å²) in [5.74, 6) is 0.562. The van der Waals surface area contributed by atoms with E-state index in [1.54, 1.807) is 24.3 Å². The molecule has 0 aromatic heterocycles. The summed E-state index contributed by atoms with van der Waals surface area (Å²) in [5, 5.41) is 19.3. The molecule has 0 unspecified atom stereocenters. The van der Waals surface area contributed by atoms with Crippen LogP contribution in [0.1, 0.15) is 11.1 Å². The molecule has 0 aliphatic rings. The molecule has 0 radical (unpaired) electrons. The van der Waals surface area contributed by atoms with Gasteiger partial charge in [0, 0.05) is 0 Å². The zero-order valence-electron chi connectivity index (χ0n) is 14.8. The van der Waals surface area contributed by atoms with Gasteiger partial charge in [0.1, 0.15) is 11.5 Å². The summed E-state index contributed by atoms with van der Waals surface area (Å²) in [4.78, 5) is 0. The van der Waals surface area contributed by atoms with Crippen LogP contribution >= 0.6 is 0 Å². The lowest BCUT2D eigenvalue weighted by molar-refractivity contribution is 0.475. The van der Waals surface area contributed by atoms with Gasteiger partial charge in [-0.2, -0.15) is 0 Å². The molecule has 132 valence electrons. The van der Waals surface area contributed by atoms with Gasteiger partial charge in [0.15, 0.2) is 0 Å². The van der Waals surface area contributed by atoms with Gasteiger partial charge in [0.25, 0.3) is 0 Å². The minimum atomic E-state index is 0.281. The van der Waals surface area contributed by atoms with Crippen LogP contribution < -0.4 is 0 Å². The molecule has 2 N–H and O–H groups in total. The lowest BCUT2D eigenvalue weighted by Crippen LogP contribution is -1.89. The molecular weight excluding hydrogens is 332 g/mol. The predicted octanol–water partition coefficient (Wildman–Crippen LogP) is 6.02. The van der Waals surface area contributed by atoms with Crippen LogP contribution in [0.15, 0.2) is 97.1 Å². The second-order valence-electron chi connectivity index (χ2n) is 6.67. The molecule has 0 bridgehead atoms. The van der Waals surface area contributed by atoms with Crippen LogP contribution in [0.5, 0.6) is 11.5 Å². The monoisotopic (exact) mass is 352 g/mol. The van der Waals surface area contributed by atoms with Gasteiger partial charge in [-0.25, -0.2) is 0 Å². The maximum atomic E-state index is 9.63. The normalized spacial score (nSPS) is 10.7. The molecule has 0 heterocycles. The lowest BCUT2D eigenvalue weighted by Gasteiger charge is -2.07. The van der Waals surface area contributed by atoms with E-state index in [2.05, 4.69) is 48.5 Å². The van der Waals surface area contributed by atoms with Crippen LogP contribution in [-0.2, 0) is 6.42 Å². The molecule has 2 heteroatoms. The number of hydrogen-bond donors (Lipinski definition) is 2. The highest BCUT2D eigenvalue weighted by molar-refractivity contribution is 5.66. The van der Waals surface area contributed by atoms with E-state index in [-0.39, 0.29) is 11.5 Å². The van der Waals surface area contributed by atoms with Gasteiger partial charge in [-0.05, 0) is 64.1 Å². The van der Waals surface area contributed by atoms with E-state index in [9.17, 15) is 10.2 Å². The van der Waals surface area contributed by atoms with Crippen molar-refractivity contribution in [1.29, 1.82) is 0 Å². The highest BCUT2D eigenvalue weighted by atomic mass is 16.3. The number of benzene rings is 4. The van der Waals surface area contributed by atoms with Crippen LogP contribution in [0.2, 0.25) is 0 Å². The van der Waals surface area contributed by atoms with Gasteiger partial charge < -0.3 is 10.2 Å². The predicted molar refractivity (Wildman–Crippen MR) is 110 cm³/mol. The summed E-state index contributed by atoms with van der Waals surface area (Å²) >= 11 is 0. The first kappa shape index (κ1) is 16.9. The number of hydrogen-bond acceptors (Lipinski definition) is 2. The molecule has 0 amide bonds. The van der Waals surface area contributed by atoms with Crippen molar-refractivity contribution >= 4 is 0 Å². The van der Waals surface area contributed by atoms with Crippen molar-refractivity contribution in [1.82, 2.24) is 0 Å². The summed E-state index contributed by atoms with van der Waals surface area (Å²) < 4.78 is 0. The Morgan fingerprint density at radius 1 is 0.444 bits per heavy atom. The topological polar surface area (TPSA) is 40.5 Å². The fraction of sp³-hybridized carbons (Fsp3) is 0.0400. The Morgan fingerprint density at radius 3 is 1.22 bits per heavy atom. The Kier molecular flexibility index (Phi) is 4.63. The lowest BCUT2D eigenvalue weighted by atomic mass is 9.98. The number of aromatic hydroxyl groups is 2. The molecule has 0 fully saturated rings. The van der Waals surface area contributed by atoms with Crippen LogP contribution in [0.25, 0.3) is 22.3 Å². The van der Waals surface area contributed by atoms with Gasteiger partial charge in [0.2, 0.25) is 0 Å². The Hall–Kier alpha value is -3.52. The van der Waals surface area contributed by atoms with E-state index >= 15 is 0 Å². The average molecular weight is 352 g/mol. The van der Waals surface area contributed by atoms with Crippen molar-refractivity contribution in [3.63, 3.8) is 0 Å². The van der Waals surface area contributed by atoms with Crippen LogP contribution in [0.3, 0.4) is 0 Å². The van der Waals surface area contributed by atoms with Gasteiger partial charge in [-0.3, -0.25) is 0 Å². The molecule has 2 nitrogen and oxygen atoms in total. The van der Waals surface area contributed by atoms with E-state index in [0.717, 1.165) is 28.7 Å². The minimum absolute atomic E-state index is 0.281. The second-order valence-corrected chi connectivity index (χ2v) is 6.67. The van der Waals surface area contributed by atoms with Crippen molar-refractivity contribution in [3.05, 3.63) is 108 Å². The van der Waals surface area contributed by atoms with E-state index in [1.807, 2.05) is 24.3 Å².